The Morgan fingerprint density at radius 2 is 1.76 bits per heavy atom. The highest BCUT2D eigenvalue weighted by Crippen LogP contribution is 2.39. The van der Waals surface area contributed by atoms with E-state index in [4.69, 9.17) is 17.0 Å². The average molecular weight is 512 g/mol. The van der Waals surface area contributed by atoms with Crippen molar-refractivity contribution >= 4 is 34.9 Å². The molecule has 8 nitrogen and oxygen atoms in total. The van der Waals surface area contributed by atoms with E-state index in [1.807, 2.05) is 88.5 Å². The van der Waals surface area contributed by atoms with E-state index in [1.165, 1.54) is 7.11 Å². The van der Waals surface area contributed by atoms with Crippen LogP contribution >= 0.6 is 12.2 Å². The Kier molecular flexibility index (Phi) is 6.96. The summed E-state index contributed by atoms with van der Waals surface area (Å²) in [5, 5.41) is 6.74. The highest BCUT2D eigenvalue weighted by atomic mass is 32.1. The lowest BCUT2D eigenvalue weighted by molar-refractivity contribution is -0.116. The lowest BCUT2D eigenvalue weighted by atomic mass is 10.0. The number of nitrogens with one attached hydrogen (secondary N) is 2. The molecule has 2 aromatic carbocycles. The van der Waals surface area contributed by atoms with Crippen molar-refractivity contribution in [1.82, 2.24) is 19.8 Å². The van der Waals surface area contributed by atoms with Crippen LogP contribution in [0.1, 0.15) is 33.8 Å². The Morgan fingerprint density at radius 3 is 2.51 bits per heavy atom. The predicted molar refractivity (Wildman–Crippen MR) is 144 cm³/mol. The minimum atomic E-state index is -0.435. The van der Waals surface area contributed by atoms with Crippen LogP contribution in [0.2, 0.25) is 0 Å². The number of esters is 1. The van der Waals surface area contributed by atoms with Gasteiger partial charge in [0.1, 0.15) is 6.54 Å². The van der Waals surface area contributed by atoms with Crippen LogP contribution in [0.4, 0.5) is 5.69 Å². The molecule has 0 aliphatic carbocycles. The number of carbonyl (C=O) groups excluding carboxylic acids is 2. The van der Waals surface area contributed by atoms with E-state index in [1.54, 1.807) is 18.3 Å². The van der Waals surface area contributed by atoms with Gasteiger partial charge >= 0.3 is 5.97 Å². The summed E-state index contributed by atoms with van der Waals surface area (Å²) < 4.78 is 6.95. The van der Waals surface area contributed by atoms with Crippen molar-refractivity contribution in [2.75, 3.05) is 19.0 Å². The molecule has 0 saturated carbocycles. The van der Waals surface area contributed by atoms with Crippen LogP contribution in [0.15, 0.2) is 97.3 Å². The molecule has 2 atom stereocenters. The number of pyridine rings is 1. The highest BCUT2D eigenvalue weighted by Gasteiger charge is 2.42. The molecule has 1 fully saturated rings. The van der Waals surface area contributed by atoms with Gasteiger partial charge in [-0.1, -0.05) is 36.4 Å². The van der Waals surface area contributed by atoms with Crippen LogP contribution in [0.25, 0.3) is 5.69 Å². The number of thiocarbonyl (C=S) groups is 1. The van der Waals surface area contributed by atoms with Gasteiger partial charge in [0.05, 0.1) is 36.1 Å². The fraction of sp³-hybridized carbons (Fsp3) is 0.143. The summed E-state index contributed by atoms with van der Waals surface area (Å²) in [5.74, 6) is -0.634. The summed E-state index contributed by atoms with van der Waals surface area (Å²) in [6.45, 7) is 0.0263. The van der Waals surface area contributed by atoms with E-state index in [9.17, 15) is 9.59 Å². The third-order valence-corrected chi connectivity index (χ3v) is 6.57. The number of ether oxygens (including phenoxy) is 1. The van der Waals surface area contributed by atoms with Crippen molar-refractivity contribution in [1.29, 1.82) is 0 Å². The van der Waals surface area contributed by atoms with E-state index in [-0.39, 0.29) is 24.5 Å². The van der Waals surface area contributed by atoms with E-state index >= 15 is 0 Å². The summed E-state index contributed by atoms with van der Waals surface area (Å²) in [7, 11) is 1.36. The molecule has 1 saturated heterocycles. The van der Waals surface area contributed by atoms with Crippen molar-refractivity contribution < 1.29 is 14.3 Å². The van der Waals surface area contributed by atoms with E-state index < -0.39 is 5.97 Å². The Hall–Kier alpha value is -4.50. The molecule has 0 radical (unpaired) electrons. The first-order valence-electron chi connectivity index (χ1n) is 11.7. The first-order chi connectivity index (χ1) is 18.1. The smallest absolute Gasteiger partial charge is 0.339 e. The Balaban J connectivity index is 1.55. The molecule has 2 unspecified atom stereocenters. The first kappa shape index (κ1) is 24.2. The van der Waals surface area contributed by atoms with Gasteiger partial charge in [0.15, 0.2) is 5.11 Å². The summed E-state index contributed by atoms with van der Waals surface area (Å²) in [4.78, 5) is 32.1. The third kappa shape index (κ3) is 4.94. The summed E-state index contributed by atoms with van der Waals surface area (Å²) >= 11 is 5.72. The fourth-order valence-electron chi connectivity index (χ4n) is 4.59. The predicted octanol–water partition coefficient (Wildman–Crippen LogP) is 4.27. The second-order valence-corrected chi connectivity index (χ2v) is 8.87. The molecular weight excluding hydrogens is 486 g/mol. The van der Waals surface area contributed by atoms with Crippen molar-refractivity contribution in [2.24, 2.45) is 0 Å². The topological polar surface area (TPSA) is 88.5 Å². The van der Waals surface area contributed by atoms with Crippen molar-refractivity contribution in [3.63, 3.8) is 0 Å². The number of amides is 1. The zero-order valence-electron chi connectivity index (χ0n) is 20.1. The average Bonchev–Trinajstić information content (AvgIpc) is 3.53. The Labute approximate surface area is 219 Å². The second-order valence-electron chi connectivity index (χ2n) is 8.48. The van der Waals surface area contributed by atoms with Gasteiger partial charge in [0.2, 0.25) is 5.91 Å². The maximum absolute atomic E-state index is 13.1. The summed E-state index contributed by atoms with van der Waals surface area (Å²) in [5.41, 5.74) is 3.43. The number of methoxy groups -OCH3 is 1. The Morgan fingerprint density at radius 1 is 1.00 bits per heavy atom. The number of benzene rings is 2. The molecule has 1 amide bonds. The number of para-hydroxylation sites is 2. The summed E-state index contributed by atoms with van der Waals surface area (Å²) in [6.07, 6.45) is 3.61. The lowest BCUT2D eigenvalue weighted by Gasteiger charge is -2.28. The molecule has 4 aromatic rings. The molecule has 2 aromatic heterocycles. The number of aromatic nitrogens is 2. The zero-order valence-corrected chi connectivity index (χ0v) is 20.9. The molecule has 1 aliphatic rings. The number of carbonyl (C=O) groups is 2. The number of anilines is 1. The first-order valence-corrected chi connectivity index (χ1v) is 12.2. The fourth-order valence-corrected chi connectivity index (χ4v) is 4.90. The van der Waals surface area contributed by atoms with Gasteiger partial charge in [-0.2, -0.15) is 0 Å². The lowest BCUT2D eigenvalue weighted by Crippen LogP contribution is -2.37. The monoisotopic (exact) mass is 511 g/mol. The van der Waals surface area contributed by atoms with Crippen LogP contribution in [0, 0.1) is 0 Å². The maximum atomic E-state index is 13.1. The van der Waals surface area contributed by atoms with E-state index in [2.05, 4.69) is 15.6 Å². The minimum Gasteiger partial charge on any atom is -0.465 e. The van der Waals surface area contributed by atoms with E-state index in [0.29, 0.717) is 22.1 Å². The molecule has 9 heteroatoms. The van der Waals surface area contributed by atoms with Crippen LogP contribution in [0.3, 0.4) is 0 Å². The second kappa shape index (κ2) is 10.6. The Bertz CT molecular complexity index is 1420. The van der Waals surface area contributed by atoms with Gasteiger partial charge < -0.3 is 24.8 Å². The van der Waals surface area contributed by atoms with E-state index in [0.717, 1.165) is 11.4 Å². The number of hydrogen-bond acceptors (Lipinski definition) is 5. The molecular formula is C28H25N5O3S. The van der Waals surface area contributed by atoms with Crippen molar-refractivity contribution in [2.45, 2.75) is 12.1 Å². The standard InChI is InChI=1S/C28H25N5O3S/c1-36-27(35)20-12-5-6-14-22(20)32-17-9-15-23(32)26-25(21-13-7-8-16-29-21)31-28(37)33(26)18-24(34)30-19-10-3-2-4-11-19/h2-17,25-26H,18H2,1H3,(H,30,34)(H,31,37). The van der Waals surface area contributed by atoms with Crippen LogP contribution in [0.5, 0.6) is 0 Å². The minimum absolute atomic E-state index is 0.0263. The van der Waals surface area contributed by atoms with Crippen LogP contribution in [-0.4, -0.2) is 45.1 Å². The molecule has 0 bridgehead atoms. The molecule has 3 heterocycles. The van der Waals surface area contributed by atoms with Gasteiger partial charge in [-0.05, 0) is 60.7 Å². The van der Waals surface area contributed by atoms with Crippen molar-refractivity contribution in [3.8, 4) is 5.69 Å². The third-order valence-electron chi connectivity index (χ3n) is 6.22. The molecule has 186 valence electrons. The maximum Gasteiger partial charge on any atom is 0.339 e. The largest absolute Gasteiger partial charge is 0.465 e. The molecule has 0 spiro atoms. The van der Waals surface area contributed by atoms with Gasteiger partial charge in [-0.15, -0.1) is 0 Å². The zero-order chi connectivity index (χ0) is 25.8. The number of rotatable bonds is 7. The van der Waals surface area contributed by atoms with Crippen molar-refractivity contribution in [3.05, 3.63) is 114 Å². The molecule has 5 rings (SSSR count). The number of hydrogen-bond donors (Lipinski definition) is 2. The molecule has 37 heavy (non-hydrogen) atoms. The van der Waals surface area contributed by atoms with Gasteiger partial charge in [-0.3, -0.25) is 9.78 Å². The van der Waals surface area contributed by atoms with Gasteiger partial charge in [-0.25, -0.2) is 4.79 Å². The molecule has 1 aliphatic heterocycles. The van der Waals surface area contributed by atoms with Crippen LogP contribution < -0.4 is 10.6 Å². The normalized spacial score (nSPS) is 16.8. The van der Waals surface area contributed by atoms with Crippen LogP contribution in [-0.2, 0) is 9.53 Å². The SMILES string of the molecule is COC(=O)c1ccccc1-n1cccc1C1C(c2ccccn2)NC(=S)N1CC(=O)Nc1ccccc1. The highest BCUT2D eigenvalue weighted by molar-refractivity contribution is 7.80. The van der Waals surface area contributed by atoms with Gasteiger partial charge in [0, 0.05) is 23.8 Å². The van der Waals surface area contributed by atoms with Gasteiger partial charge in [0.25, 0.3) is 0 Å². The quantitative estimate of drug-likeness (QED) is 0.283. The summed E-state index contributed by atoms with van der Waals surface area (Å²) in [6, 6.07) is 25.4. The number of nitrogens with zero attached hydrogens (tertiary/aromatic N) is 3. The molecule has 2 N–H and O–H groups in total.